The second-order valence-electron chi connectivity index (χ2n) is 10.9. The van der Waals surface area contributed by atoms with E-state index < -0.39 is 35.4 Å². The van der Waals surface area contributed by atoms with Gasteiger partial charge in [-0.05, 0) is 19.3 Å². The van der Waals surface area contributed by atoms with Crippen LogP contribution in [-0.2, 0) is 43.2 Å². The topological polar surface area (TPSA) is 173 Å². The summed E-state index contributed by atoms with van der Waals surface area (Å²) in [5.41, 5.74) is 0. The van der Waals surface area contributed by atoms with Gasteiger partial charge in [0.2, 0.25) is 17.7 Å². The Hall–Kier alpha value is -4.95. The zero-order valence-corrected chi connectivity index (χ0v) is 24.9. The molecule has 4 rings (SSSR count). The van der Waals surface area contributed by atoms with Crippen molar-refractivity contribution in [2.24, 2.45) is 0 Å². The lowest BCUT2D eigenvalue weighted by molar-refractivity contribution is -0.140. The molecule has 15 heteroatoms. The molecule has 0 unspecified atom stereocenters. The second-order valence-corrected chi connectivity index (χ2v) is 10.9. The van der Waals surface area contributed by atoms with Gasteiger partial charge in [0.25, 0.3) is 35.4 Å². The van der Waals surface area contributed by atoms with Crippen molar-refractivity contribution in [3.05, 3.63) is 36.5 Å². The monoisotopic (exact) mass is 624 g/mol. The Balaban J connectivity index is 1.39. The fraction of sp³-hybridized carbons (Fsp3) is 0.500. The minimum atomic E-state index is -0.481. The maximum Gasteiger partial charge on any atom is 0.253 e. The van der Waals surface area contributed by atoms with E-state index in [1.807, 2.05) is 0 Å². The van der Waals surface area contributed by atoms with Crippen molar-refractivity contribution < 1.29 is 43.2 Å². The van der Waals surface area contributed by atoms with E-state index in [9.17, 15) is 43.2 Å². The second kappa shape index (κ2) is 15.2. The molecule has 0 aliphatic carbocycles. The molecular formula is C30H36N6O9. The Labute approximate surface area is 259 Å². The molecule has 4 heterocycles. The molecule has 4 aliphatic rings. The first kappa shape index (κ1) is 33.0. The van der Waals surface area contributed by atoms with Crippen molar-refractivity contribution in [3.8, 4) is 0 Å². The summed E-state index contributed by atoms with van der Waals surface area (Å²) >= 11 is 0. The molecule has 45 heavy (non-hydrogen) atoms. The van der Waals surface area contributed by atoms with E-state index >= 15 is 0 Å². The lowest BCUT2D eigenvalue weighted by atomic mass is 10.2. The molecule has 1 saturated heterocycles. The molecule has 0 bridgehead atoms. The van der Waals surface area contributed by atoms with Crippen molar-refractivity contribution in [1.82, 2.24) is 29.4 Å². The number of hydrogen-bond acceptors (Lipinski definition) is 9. The van der Waals surface area contributed by atoms with Gasteiger partial charge in [-0.1, -0.05) is 0 Å². The van der Waals surface area contributed by atoms with Crippen molar-refractivity contribution in [1.29, 1.82) is 0 Å². The van der Waals surface area contributed by atoms with Gasteiger partial charge >= 0.3 is 0 Å². The summed E-state index contributed by atoms with van der Waals surface area (Å²) in [6.07, 6.45) is 7.99. The highest BCUT2D eigenvalue weighted by molar-refractivity contribution is 6.14. The lowest BCUT2D eigenvalue weighted by Gasteiger charge is -2.31. The smallest absolute Gasteiger partial charge is 0.253 e. The highest BCUT2D eigenvalue weighted by atomic mass is 16.2. The van der Waals surface area contributed by atoms with E-state index in [-0.39, 0.29) is 95.9 Å². The highest BCUT2D eigenvalue weighted by Gasteiger charge is 2.28. The van der Waals surface area contributed by atoms with Gasteiger partial charge in [-0.3, -0.25) is 57.9 Å². The van der Waals surface area contributed by atoms with Crippen molar-refractivity contribution in [3.63, 3.8) is 0 Å². The predicted octanol–water partition coefficient (Wildman–Crippen LogP) is -1.40. The molecule has 9 amide bonds. The summed E-state index contributed by atoms with van der Waals surface area (Å²) in [4.78, 5) is 119. The van der Waals surface area contributed by atoms with Crippen molar-refractivity contribution in [2.75, 3.05) is 58.9 Å². The Bertz CT molecular complexity index is 1140. The molecular weight excluding hydrogens is 588 g/mol. The maximum atomic E-state index is 13.2. The van der Waals surface area contributed by atoms with Gasteiger partial charge in [0.1, 0.15) is 0 Å². The molecule has 0 atom stereocenters. The number of carbonyl (C=O) groups is 9. The SMILES string of the molecule is O=C(CCN1C(=O)C=CC1=O)N1CCCN(C(=O)CCN2C(=O)C=CC2=O)CCCN(C(=O)CCN2C(=O)C=CC2=O)CCC1. The van der Waals surface area contributed by atoms with Crippen molar-refractivity contribution in [2.45, 2.75) is 38.5 Å². The molecule has 15 nitrogen and oxygen atoms in total. The first-order valence-corrected chi connectivity index (χ1v) is 15.0. The number of rotatable bonds is 9. The fourth-order valence-corrected chi connectivity index (χ4v) is 5.49. The summed E-state index contributed by atoms with van der Waals surface area (Å²) in [5.74, 6) is -3.74. The third-order valence-corrected chi connectivity index (χ3v) is 7.98. The van der Waals surface area contributed by atoms with E-state index in [0.29, 0.717) is 19.3 Å². The van der Waals surface area contributed by atoms with Gasteiger partial charge < -0.3 is 14.7 Å². The predicted molar refractivity (Wildman–Crippen MR) is 155 cm³/mol. The van der Waals surface area contributed by atoms with Gasteiger partial charge in [-0.15, -0.1) is 0 Å². The number of carbonyl (C=O) groups excluding carboxylic acids is 9. The van der Waals surface area contributed by atoms with Crippen LogP contribution in [0.5, 0.6) is 0 Å². The lowest BCUT2D eigenvalue weighted by Crippen LogP contribution is -2.43. The molecule has 0 aromatic carbocycles. The van der Waals surface area contributed by atoms with E-state index in [2.05, 4.69) is 0 Å². The van der Waals surface area contributed by atoms with Crippen LogP contribution in [0.3, 0.4) is 0 Å². The summed E-state index contributed by atoms with van der Waals surface area (Å²) in [5, 5.41) is 0. The van der Waals surface area contributed by atoms with Gasteiger partial charge in [0.05, 0.1) is 0 Å². The van der Waals surface area contributed by atoms with Crippen LogP contribution in [0, 0.1) is 0 Å². The van der Waals surface area contributed by atoms with Crippen LogP contribution in [0.1, 0.15) is 38.5 Å². The summed E-state index contributed by atoms with van der Waals surface area (Å²) in [6.45, 7) is 1.52. The first-order valence-electron chi connectivity index (χ1n) is 15.0. The van der Waals surface area contributed by atoms with E-state index in [1.54, 1.807) is 14.7 Å². The molecule has 0 aromatic heterocycles. The Morgan fingerprint density at radius 2 is 0.600 bits per heavy atom. The van der Waals surface area contributed by atoms with Crippen LogP contribution in [0.25, 0.3) is 0 Å². The quantitative estimate of drug-likeness (QED) is 0.280. The zero-order valence-electron chi connectivity index (χ0n) is 24.9. The minimum absolute atomic E-state index is 0.0686. The number of imide groups is 3. The molecule has 4 aliphatic heterocycles. The number of amides is 9. The van der Waals surface area contributed by atoms with Crippen LogP contribution in [0.15, 0.2) is 36.5 Å². The molecule has 0 aromatic rings. The molecule has 240 valence electrons. The van der Waals surface area contributed by atoms with Crippen molar-refractivity contribution >= 4 is 53.2 Å². The van der Waals surface area contributed by atoms with E-state index in [1.165, 1.54) is 0 Å². The molecule has 1 fully saturated rings. The standard InChI is InChI=1S/C30H36N6O9/c37-22(10-19-34-25(40)4-5-26(34)41)31-13-1-14-32(23(38)11-20-35-27(42)6-7-28(35)43)16-3-18-33(17-2-15-31)24(39)12-21-36-29(44)8-9-30(36)45/h4-9H,1-3,10-21H2. The van der Waals surface area contributed by atoms with Gasteiger partial charge in [-0.25, -0.2) is 0 Å². The number of hydrogen-bond donors (Lipinski definition) is 0. The first-order chi connectivity index (χ1) is 21.5. The van der Waals surface area contributed by atoms with Gasteiger partial charge in [0.15, 0.2) is 0 Å². The van der Waals surface area contributed by atoms with Crippen LogP contribution < -0.4 is 0 Å². The summed E-state index contributed by atoms with van der Waals surface area (Å²) < 4.78 is 0. The number of nitrogens with zero attached hydrogens (tertiary/aromatic N) is 6. The van der Waals surface area contributed by atoms with Gasteiger partial charge in [-0.2, -0.15) is 0 Å². The highest BCUT2D eigenvalue weighted by Crippen LogP contribution is 2.12. The molecule has 0 N–H and O–H groups in total. The molecule has 0 spiro atoms. The normalized spacial score (nSPS) is 19.7. The average Bonchev–Trinajstić information content (AvgIpc) is 3.63. The Kier molecular flexibility index (Phi) is 11.1. The fourth-order valence-electron chi connectivity index (χ4n) is 5.49. The molecule has 0 radical (unpaired) electrons. The van der Waals surface area contributed by atoms with E-state index in [4.69, 9.17) is 0 Å². The molecule has 0 saturated carbocycles. The maximum absolute atomic E-state index is 13.2. The Morgan fingerprint density at radius 3 is 0.800 bits per heavy atom. The zero-order chi connectivity index (χ0) is 32.5. The largest absolute Gasteiger partial charge is 0.343 e. The van der Waals surface area contributed by atoms with Crippen LogP contribution in [0.2, 0.25) is 0 Å². The van der Waals surface area contributed by atoms with Crippen LogP contribution in [-0.4, -0.2) is 141 Å². The third-order valence-electron chi connectivity index (χ3n) is 7.98. The Morgan fingerprint density at radius 1 is 0.400 bits per heavy atom. The third kappa shape index (κ3) is 8.58. The average molecular weight is 625 g/mol. The van der Waals surface area contributed by atoms with E-state index in [0.717, 1.165) is 51.2 Å². The summed E-state index contributed by atoms with van der Waals surface area (Å²) in [7, 11) is 0. The minimum Gasteiger partial charge on any atom is -0.343 e. The van der Waals surface area contributed by atoms with Gasteiger partial charge in [0, 0.05) is 115 Å². The van der Waals surface area contributed by atoms with Crippen LogP contribution >= 0.6 is 0 Å². The summed E-state index contributed by atoms with van der Waals surface area (Å²) in [6, 6.07) is 0. The van der Waals surface area contributed by atoms with Crippen LogP contribution in [0.4, 0.5) is 0 Å².